The minimum Gasteiger partial charge on any atom is -0.266 e. The second-order valence-electron chi connectivity index (χ2n) is 8.29. The third-order valence-corrected chi connectivity index (χ3v) is 6.47. The average molecular weight is 435 g/mol. The first-order valence-electron chi connectivity index (χ1n) is 9.65. The zero-order valence-electron chi connectivity index (χ0n) is 17.7. The number of rotatable bonds is 4. The lowest BCUT2D eigenvalue weighted by molar-refractivity contribution is 0.587. The molecule has 1 aromatic carbocycles. The summed E-state index contributed by atoms with van der Waals surface area (Å²) in [5, 5.41) is 18.1. The summed E-state index contributed by atoms with van der Waals surface area (Å²) in [5.74, 6) is 0.238. The molecule has 9 heteroatoms. The van der Waals surface area contributed by atoms with Gasteiger partial charge >= 0.3 is 0 Å². The van der Waals surface area contributed by atoms with Crippen LogP contribution in [0.1, 0.15) is 31.9 Å². The maximum atomic E-state index is 13.0. The van der Waals surface area contributed by atoms with E-state index in [0.717, 1.165) is 11.3 Å². The smallest absolute Gasteiger partial charge is 0.263 e. The summed E-state index contributed by atoms with van der Waals surface area (Å²) in [6.07, 6.45) is 1.65. The first-order valence-corrected chi connectivity index (χ1v) is 11.1. The van der Waals surface area contributed by atoms with Crippen molar-refractivity contribution >= 4 is 21.4 Å². The number of hydrogen-bond acceptors (Lipinski definition) is 5. The molecular weight excluding hydrogens is 412 g/mol. The van der Waals surface area contributed by atoms with Crippen molar-refractivity contribution < 1.29 is 8.42 Å². The van der Waals surface area contributed by atoms with Crippen LogP contribution < -0.4 is 4.72 Å². The van der Waals surface area contributed by atoms with Crippen LogP contribution >= 0.6 is 0 Å². The van der Waals surface area contributed by atoms with Crippen molar-refractivity contribution in [1.29, 1.82) is 5.26 Å². The van der Waals surface area contributed by atoms with Crippen LogP contribution in [0.4, 0.5) is 5.82 Å². The Bertz CT molecular complexity index is 1420. The third-order valence-electron chi connectivity index (χ3n) is 5.09. The van der Waals surface area contributed by atoms with Crippen molar-refractivity contribution in [3.63, 3.8) is 0 Å². The van der Waals surface area contributed by atoms with Gasteiger partial charge in [0, 0.05) is 13.2 Å². The summed E-state index contributed by atoms with van der Waals surface area (Å²) in [6, 6.07) is 15.6. The maximum Gasteiger partial charge on any atom is 0.263 e. The fourth-order valence-electron chi connectivity index (χ4n) is 3.33. The summed E-state index contributed by atoms with van der Waals surface area (Å²) in [4.78, 5) is 0.150. The lowest BCUT2D eigenvalue weighted by Crippen LogP contribution is -2.17. The van der Waals surface area contributed by atoms with Gasteiger partial charge in [-0.3, -0.25) is 9.40 Å². The van der Waals surface area contributed by atoms with Gasteiger partial charge in [0.1, 0.15) is 17.6 Å². The molecule has 0 aliphatic carbocycles. The van der Waals surface area contributed by atoms with Crippen LogP contribution in [0.5, 0.6) is 0 Å². The summed E-state index contributed by atoms with van der Waals surface area (Å²) in [5.41, 5.74) is 3.18. The normalized spacial score (nSPS) is 12.1. The molecule has 0 radical (unpaired) electrons. The zero-order chi connectivity index (χ0) is 22.4. The Morgan fingerprint density at radius 3 is 2.35 bits per heavy atom. The van der Waals surface area contributed by atoms with Crippen molar-refractivity contribution in [1.82, 2.24) is 19.4 Å². The first kappa shape index (κ1) is 20.6. The van der Waals surface area contributed by atoms with E-state index < -0.39 is 10.0 Å². The summed E-state index contributed by atoms with van der Waals surface area (Å²) >= 11 is 0. The molecular formula is C22H22N6O2S. The van der Waals surface area contributed by atoms with Crippen molar-refractivity contribution in [3.05, 3.63) is 65.9 Å². The number of hydrogen-bond donors (Lipinski definition) is 1. The van der Waals surface area contributed by atoms with E-state index in [1.807, 2.05) is 12.1 Å². The lowest BCUT2D eigenvalue weighted by atomic mass is 9.87. The van der Waals surface area contributed by atoms with Crippen LogP contribution in [-0.4, -0.2) is 27.8 Å². The van der Waals surface area contributed by atoms with Crippen LogP contribution in [0.25, 0.3) is 16.9 Å². The van der Waals surface area contributed by atoms with E-state index in [1.54, 1.807) is 48.3 Å². The monoisotopic (exact) mass is 434 g/mol. The number of pyridine rings is 1. The minimum atomic E-state index is -3.85. The number of anilines is 1. The highest BCUT2D eigenvalue weighted by Gasteiger charge is 2.20. The molecule has 0 atom stereocenters. The predicted molar refractivity (Wildman–Crippen MR) is 118 cm³/mol. The summed E-state index contributed by atoms with van der Waals surface area (Å²) < 4.78 is 31.7. The number of sulfonamides is 1. The summed E-state index contributed by atoms with van der Waals surface area (Å²) in [6.45, 7) is 6.21. The van der Waals surface area contributed by atoms with Gasteiger partial charge in [0.25, 0.3) is 10.0 Å². The highest BCUT2D eigenvalue weighted by molar-refractivity contribution is 7.92. The van der Waals surface area contributed by atoms with E-state index in [2.05, 4.69) is 41.8 Å². The Kier molecular flexibility index (Phi) is 4.82. The third kappa shape index (κ3) is 3.78. The molecule has 0 aliphatic heterocycles. The van der Waals surface area contributed by atoms with Gasteiger partial charge < -0.3 is 0 Å². The molecule has 0 saturated carbocycles. The summed E-state index contributed by atoms with van der Waals surface area (Å²) in [7, 11) is -2.06. The number of nitrogens with zero attached hydrogens (tertiary/aromatic N) is 5. The van der Waals surface area contributed by atoms with Crippen molar-refractivity contribution in [2.75, 3.05) is 4.72 Å². The van der Waals surface area contributed by atoms with Crippen LogP contribution in [0.2, 0.25) is 0 Å². The molecule has 0 bridgehead atoms. The Labute approximate surface area is 180 Å². The van der Waals surface area contributed by atoms with E-state index >= 15 is 0 Å². The molecule has 158 valence electrons. The number of nitriles is 1. The Balaban J connectivity index is 1.77. The second kappa shape index (κ2) is 7.25. The predicted octanol–water partition coefficient (Wildman–Crippen LogP) is 3.70. The van der Waals surface area contributed by atoms with E-state index in [-0.39, 0.29) is 16.1 Å². The topological polar surface area (TPSA) is 105 Å². The number of benzene rings is 1. The average Bonchev–Trinajstić information content (AvgIpc) is 3.34. The minimum absolute atomic E-state index is 0.0771. The van der Waals surface area contributed by atoms with Gasteiger partial charge in [-0.15, -0.1) is 0 Å². The Morgan fingerprint density at radius 1 is 1.06 bits per heavy atom. The molecule has 31 heavy (non-hydrogen) atoms. The molecule has 1 N–H and O–H groups in total. The molecule has 3 heterocycles. The highest BCUT2D eigenvalue weighted by Crippen LogP contribution is 2.27. The molecule has 0 amide bonds. The zero-order valence-corrected chi connectivity index (χ0v) is 18.5. The van der Waals surface area contributed by atoms with Crippen LogP contribution in [0.3, 0.4) is 0 Å². The number of aryl methyl sites for hydroxylation is 1. The second-order valence-corrected chi connectivity index (χ2v) is 9.97. The Hall–Kier alpha value is -3.64. The highest BCUT2D eigenvalue weighted by atomic mass is 32.2. The van der Waals surface area contributed by atoms with Gasteiger partial charge in [-0.2, -0.15) is 15.5 Å². The van der Waals surface area contributed by atoms with Gasteiger partial charge in [0.2, 0.25) is 0 Å². The van der Waals surface area contributed by atoms with Gasteiger partial charge in [0.05, 0.1) is 21.7 Å². The fraction of sp³-hybridized carbons (Fsp3) is 0.227. The fourth-order valence-corrected chi connectivity index (χ4v) is 4.37. The van der Waals surface area contributed by atoms with E-state index in [9.17, 15) is 13.7 Å². The molecule has 0 fully saturated rings. The molecule has 4 aromatic rings. The van der Waals surface area contributed by atoms with Gasteiger partial charge in [-0.1, -0.05) is 32.9 Å². The van der Waals surface area contributed by atoms with Gasteiger partial charge in [-0.05, 0) is 47.4 Å². The van der Waals surface area contributed by atoms with Crippen LogP contribution in [0, 0.1) is 11.3 Å². The molecule has 0 spiro atoms. The SMILES string of the molecule is Cn1nccc1-c1cc2c(C#N)ccc(NS(=O)(=O)c3ccc(C(C)(C)C)cc3)n2n1. The van der Waals surface area contributed by atoms with Gasteiger partial charge in [0.15, 0.2) is 0 Å². The van der Waals surface area contributed by atoms with Gasteiger partial charge in [-0.25, -0.2) is 12.9 Å². The van der Waals surface area contributed by atoms with E-state index in [4.69, 9.17) is 0 Å². The van der Waals surface area contributed by atoms with E-state index in [0.29, 0.717) is 16.8 Å². The van der Waals surface area contributed by atoms with Crippen molar-refractivity contribution in [2.24, 2.45) is 7.05 Å². The number of aromatic nitrogens is 4. The first-order chi connectivity index (χ1) is 14.6. The number of fused-ring (bicyclic) bond motifs is 1. The Morgan fingerprint density at radius 2 is 1.77 bits per heavy atom. The molecule has 3 aromatic heterocycles. The molecule has 0 saturated heterocycles. The largest absolute Gasteiger partial charge is 0.266 e. The standard InChI is InChI=1S/C22H22N6O2S/c1-22(2,3)16-6-8-17(9-7-16)31(29,30)26-21-10-5-15(14-23)20-13-18(25-28(20)21)19-11-12-24-27(19)4/h5-13,26H,1-4H3. The van der Waals surface area contributed by atoms with Crippen molar-refractivity contribution in [2.45, 2.75) is 31.1 Å². The van der Waals surface area contributed by atoms with E-state index in [1.165, 1.54) is 10.6 Å². The maximum absolute atomic E-state index is 13.0. The van der Waals surface area contributed by atoms with Crippen molar-refractivity contribution in [3.8, 4) is 17.5 Å². The van der Waals surface area contributed by atoms with Crippen LogP contribution in [0.15, 0.2) is 59.6 Å². The van der Waals surface area contributed by atoms with Crippen LogP contribution in [-0.2, 0) is 22.5 Å². The molecule has 0 unspecified atom stereocenters. The number of nitrogens with one attached hydrogen (secondary N) is 1. The molecule has 8 nitrogen and oxygen atoms in total. The molecule has 0 aliphatic rings. The molecule has 4 rings (SSSR count). The lowest BCUT2D eigenvalue weighted by Gasteiger charge is -2.19. The quantitative estimate of drug-likeness (QED) is 0.527.